The molecular weight excluding hydrogens is 232 g/mol. The molecule has 0 aromatic carbocycles. The van der Waals surface area contributed by atoms with Crippen LogP contribution in [-0.2, 0) is 0 Å². The molecule has 0 radical (unpaired) electrons. The third kappa shape index (κ3) is 7.31. The predicted molar refractivity (Wildman–Crippen MR) is 85.6 cm³/mol. The van der Waals surface area contributed by atoms with Crippen molar-refractivity contribution in [1.82, 2.24) is 10.2 Å². The zero-order valence-electron chi connectivity index (χ0n) is 14.2. The van der Waals surface area contributed by atoms with Crippen LogP contribution < -0.4 is 5.32 Å². The van der Waals surface area contributed by atoms with Gasteiger partial charge in [-0.1, -0.05) is 27.2 Å². The van der Waals surface area contributed by atoms with Crippen molar-refractivity contribution in [3.63, 3.8) is 0 Å². The highest BCUT2D eigenvalue weighted by molar-refractivity contribution is 4.83. The second kappa shape index (κ2) is 7.08. The van der Waals surface area contributed by atoms with Gasteiger partial charge in [-0.2, -0.15) is 0 Å². The van der Waals surface area contributed by atoms with Crippen LogP contribution in [0.3, 0.4) is 0 Å². The molecule has 114 valence electrons. The van der Waals surface area contributed by atoms with Crippen molar-refractivity contribution in [2.75, 3.05) is 26.2 Å². The summed E-state index contributed by atoms with van der Waals surface area (Å²) in [6.45, 7) is 19.0. The molecule has 0 amide bonds. The van der Waals surface area contributed by atoms with Crippen molar-refractivity contribution >= 4 is 0 Å². The van der Waals surface area contributed by atoms with Gasteiger partial charge in [0.2, 0.25) is 0 Å². The Labute approximate surface area is 121 Å². The van der Waals surface area contributed by atoms with Crippen LogP contribution in [0, 0.1) is 11.3 Å². The molecule has 1 fully saturated rings. The molecular formula is C17H36N2. The molecule has 1 atom stereocenters. The Kier molecular flexibility index (Phi) is 6.32. The van der Waals surface area contributed by atoms with Gasteiger partial charge in [0.15, 0.2) is 0 Å². The average molecular weight is 268 g/mol. The highest BCUT2D eigenvalue weighted by atomic mass is 15.1. The highest BCUT2D eigenvalue weighted by Crippen LogP contribution is 2.33. The predicted octanol–water partition coefficient (Wildman–Crippen LogP) is 3.91. The van der Waals surface area contributed by atoms with Crippen LogP contribution in [0.5, 0.6) is 0 Å². The molecule has 0 bridgehead atoms. The number of unbranched alkanes of at least 4 members (excludes halogenated alkanes) is 2. The highest BCUT2D eigenvalue weighted by Gasteiger charge is 2.31. The van der Waals surface area contributed by atoms with E-state index in [4.69, 9.17) is 0 Å². The molecule has 1 saturated heterocycles. The Morgan fingerprint density at radius 3 is 2.21 bits per heavy atom. The summed E-state index contributed by atoms with van der Waals surface area (Å²) in [7, 11) is 0. The number of hydrogen-bond donors (Lipinski definition) is 1. The maximum absolute atomic E-state index is 3.56. The fourth-order valence-electron chi connectivity index (χ4n) is 2.84. The Morgan fingerprint density at radius 2 is 1.68 bits per heavy atom. The number of hydrogen-bond acceptors (Lipinski definition) is 2. The molecule has 1 aliphatic rings. The fraction of sp³-hybridized carbons (Fsp3) is 1.00. The normalized spacial score (nSPS) is 22.1. The van der Waals surface area contributed by atoms with E-state index in [1.807, 2.05) is 0 Å². The van der Waals surface area contributed by atoms with E-state index in [0.29, 0.717) is 5.41 Å². The van der Waals surface area contributed by atoms with Gasteiger partial charge < -0.3 is 10.2 Å². The van der Waals surface area contributed by atoms with Gasteiger partial charge >= 0.3 is 0 Å². The second-order valence-corrected chi connectivity index (χ2v) is 8.39. The monoisotopic (exact) mass is 268 g/mol. The smallest absolute Gasteiger partial charge is 0.00965 e. The van der Waals surface area contributed by atoms with Gasteiger partial charge in [0, 0.05) is 12.1 Å². The topological polar surface area (TPSA) is 15.3 Å². The summed E-state index contributed by atoms with van der Waals surface area (Å²) in [6, 6.07) is 0. The van der Waals surface area contributed by atoms with E-state index in [-0.39, 0.29) is 5.54 Å². The summed E-state index contributed by atoms with van der Waals surface area (Å²) in [5.74, 6) is 0.898. The summed E-state index contributed by atoms with van der Waals surface area (Å²) in [4.78, 5) is 2.67. The zero-order chi connectivity index (χ0) is 14.5. The third-order valence-corrected chi connectivity index (χ3v) is 4.30. The SMILES string of the molecule is CC(C)(C)NCCCCCN1CCC(C(C)(C)C)C1. The van der Waals surface area contributed by atoms with Crippen molar-refractivity contribution in [2.45, 2.75) is 72.8 Å². The minimum Gasteiger partial charge on any atom is -0.312 e. The molecule has 1 aliphatic heterocycles. The molecule has 2 heteroatoms. The number of likely N-dealkylation sites (tertiary alicyclic amines) is 1. The summed E-state index contributed by atoms with van der Waals surface area (Å²) in [5, 5.41) is 3.56. The fourth-order valence-corrected chi connectivity index (χ4v) is 2.84. The molecule has 0 aliphatic carbocycles. The van der Waals surface area contributed by atoms with Gasteiger partial charge in [0.25, 0.3) is 0 Å². The summed E-state index contributed by atoms with van der Waals surface area (Å²) >= 11 is 0. The van der Waals surface area contributed by atoms with Crippen LogP contribution in [0.25, 0.3) is 0 Å². The van der Waals surface area contributed by atoms with Gasteiger partial charge in [-0.3, -0.25) is 0 Å². The molecule has 1 heterocycles. The Balaban J connectivity index is 2.03. The summed E-state index contributed by atoms with van der Waals surface area (Å²) < 4.78 is 0. The zero-order valence-corrected chi connectivity index (χ0v) is 14.2. The molecule has 0 spiro atoms. The maximum atomic E-state index is 3.56. The maximum Gasteiger partial charge on any atom is 0.00965 e. The van der Waals surface area contributed by atoms with E-state index >= 15 is 0 Å². The van der Waals surface area contributed by atoms with Crippen LogP contribution in [0.2, 0.25) is 0 Å². The van der Waals surface area contributed by atoms with Crippen LogP contribution >= 0.6 is 0 Å². The van der Waals surface area contributed by atoms with Crippen molar-refractivity contribution in [3.05, 3.63) is 0 Å². The van der Waals surface area contributed by atoms with Crippen LogP contribution in [0.1, 0.15) is 67.2 Å². The molecule has 0 saturated carbocycles. The average Bonchev–Trinajstić information content (AvgIpc) is 2.69. The van der Waals surface area contributed by atoms with Crippen molar-refractivity contribution < 1.29 is 0 Å². The minimum atomic E-state index is 0.273. The van der Waals surface area contributed by atoms with E-state index in [2.05, 4.69) is 51.8 Å². The Hall–Kier alpha value is -0.0800. The van der Waals surface area contributed by atoms with Gasteiger partial charge in [-0.25, -0.2) is 0 Å². The van der Waals surface area contributed by atoms with Crippen LogP contribution in [0.4, 0.5) is 0 Å². The van der Waals surface area contributed by atoms with E-state index in [9.17, 15) is 0 Å². The molecule has 0 aromatic heterocycles. The molecule has 2 nitrogen and oxygen atoms in total. The van der Waals surface area contributed by atoms with Gasteiger partial charge in [0.1, 0.15) is 0 Å². The number of nitrogens with zero attached hydrogens (tertiary/aromatic N) is 1. The van der Waals surface area contributed by atoms with Gasteiger partial charge in [-0.15, -0.1) is 0 Å². The van der Waals surface area contributed by atoms with E-state index in [1.54, 1.807) is 0 Å². The lowest BCUT2D eigenvalue weighted by Crippen LogP contribution is -2.36. The Morgan fingerprint density at radius 1 is 1.00 bits per heavy atom. The van der Waals surface area contributed by atoms with Crippen molar-refractivity contribution in [3.8, 4) is 0 Å². The molecule has 19 heavy (non-hydrogen) atoms. The largest absolute Gasteiger partial charge is 0.312 e. The standard InChI is InChI=1S/C17H36N2/c1-16(2,3)15-10-13-19(14-15)12-9-7-8-11-18-17(4,5)6/h15,18H,7-14H2,1-6H3. The first-order valence-corrected chi connectivity index (χ1v) is 8.16. The lowest BCUT2D eigenvalue weighted by molar-refractivity contribution is 0.227. The second-order valence-electron chi connectivity index (χ2n) is 8.39. The van der Waals surface area contributed by atoms with Crippen LogP contribution in [-0.4, -0.2) is 36.6 Å². The summed E-state index contributed by atoms with van der Waals surface area (Å²) in [6.07, 6.45) is 5.44. The molecule has 1 unspecified atom stereocenters. The lowest BCUT2D eigenvalue weighted by Gasteiger charge is -2.27. The van der Waals surface area contributed by atoms with E-state index in [1.165, 1.54) is 45.3 Å². The first-order valence-electron chi connectivity index (χ1n) is 8.16. The molecule has 1 N–H and O–H groups in total. The first-order chi connectivity index (χ1) is 8.68. The van der Waals surface area contributed by atoms with Crippen molar-refractivity contribution in [1.29, 1.82) is 0 Å². The van der Waals surface area contributed by atoms with Crippen LogP contribution in [0.15, 0.2) is 0 Å². The molecule has 0 aromatic rings. The lowest BCUT2D eigenvalue weighted by atomic mass is 9.80. The first kappa shape index (κ1) is 17.0. The van der Waals surface area contributed by atoms with Crippen molar-refractivity contribution in [2.24, 2.45) is 11.3 Å². The quantitative estimate of drug-likeness (QED) is 0.735. The van der Waals surface area contributed by atoms with Gasteiger partial charge in [0.05, 0.1) is 0 Å². The summed E-state index contributed by atoms with van der Waals surface area (Å²) in [5.41, 5.74) is 0.764. The number of rotatable bonds is 6. The van der Waals surface area contributed by atoms with E-state index in [0.717, 1.165) is 12.5 Å². The minimum absolute atomic E-state index is 0.273. The van der Waals surface area contributed by atoms with E-state index < -0.39 is 0 Å². The Bertz CT molecular complexity index is 247. The van der Waals surface area contributed by atoms with Gasteiger partial charge in [-0.05, 0) is 71.0 Å². The third-order valence-electron chi connectivity index (χ3n) is 4.30. The number of nitrogens with one attached hydrogen (secondary N) is 1. The molecule has 1 rings (SSSR count).